The highest BCUT2D eigenvalue weighted by atomic mass is 32.2. The van der Waals surface area contributed by atoms with Crippen molar-refractivity contribution in [3.63, 3.8) is 0 Å². The highest BCUT2D eigenvalue weighted by Crippen LogP contribution is 2.28. The van der Waals surface area contributed by atoms with E-state index in [9.17, 15) is 8.42 Å². The van der Waals surface area contributed by atoms with Gasteiger partial charge in [-0.05, 0) is 43.9 Å². The minimum Gasteiger partial charge on any atom is -0.385 e. The summed E-state index contributed by atoms with van der Waals surface area (Å²) in [6, 6.07) is 5.47. The second kappa shape index (κ2) is 7.27. The van der Waals surface area contributed by atoms with E-state index in [1.165, 1.54) is 0 Å². The molecule has 0 fully saturated rings. The predicted molar refractivity (Wildman–Crippen MR) is 87.2 cm³/mol. The van der Waals surface area contributed by atoms with Gasteiger partial charge in [0.15, 0.2) is 0 Å². The molecule has 1 aromatic rings. The highest BCUT2D eigenvalue weighted by molar-refractivity contribution is 7.89. The first-order valence-corrected chi connectivity index (χ1v) is 9.41. The molecule has 5 heteroatoms. The molecule has 0 amide bonds. The van der Waals surface area contributed by atoms with Gasteiger partial charge < -0.3 is 5.32 Å². The summed E-state index contributed by atoms with van der Waals surface area (Å²) < 4.78 is 28.0. The van der Waals surface area contributed by atoms with Crippen LogP contribution in [-0.2, 0) is 16.4 Å². The topological polar surface area (TPSA) is 58.2 Å². The van der Waals surface area contributed by atoms with E-state index in [0.29, 0.717) is 4.90 Å². The van der Waals surface area contributed by atoms with Crippen LogP contribution in [0.25, 0.3) is 0 Å². The molecule has 1 atom stereocenters. The number of rotatable bonds is 7. The molecule has 2 rings (SSSR count). The lowest BCUT2D eigenvalue weighted by Gasteiger charge is -2.22. The molecular formula is C16H26N2O2S. The van der Waals surface area contributed by atoms with E-state index >= 15 is 0 Å². The van der Waals surface area contributed by atoms with Crippen LogP contribution in [0.3, 0.4) is 0 Å². The molecule has 1 heterocycles. The third-order valence-electron chi connectivity index (χ3n) is 3.94. The van der Waals surface area contributed by atoms with Crippen molar-refractivity contribution < 1.29 is 8.42 Å². The number of benzene rings is 1. The molecule has 0 spiro atoms. The Labute approximate surface area is 128 Å². The van der Waals surface area contributed by atoms with Gasteiger partial charge >= 0.3 is 0 Å². The van der Waals surface area contributed by atoms with Gasteiger partial charge in [0.2, 0.25) is 10.0 Å². The van der Waals surface area contributed by atoms with E-state index in [1.54, 1.807) is 6.07 Å². The average molecular weight is 310 g/mol. The monoisotopic (exact) mass is 310 g/mol. The number of sulfonamides is 1. The molecule has 21 heavy (non-hydrogen) atoms. The normalized spacial score (nSPS) is 16.1. The van der Waals surface area contributed by atoms with E-state index in [-0.39, 0.29) is 6.04 Å². The average Bonchev–Trinajstić information content (AvgIpc) is 2.46. The first kappa shape index (κ1) is 16.3. The van der Waals surface area contributed by atoms with E-state index in [4.69, 9.17) is 0 Å². The van der Waals surface area contributed by atoms with Crippen LogP contribution in [0.15, 0.2) is 23.1 Å². The Morgan fingerprint density at radius 3 is 2.90 bits per heavy atom. The van der Waals surface area contributed by atoms with Gasteiger partial charge in [0.1, 0.15) is 0 Å². The molecule has 1 aromatic carbocycles. The summed E-state index contributed by atoms with van der Waals surface area (Å²) in [6.07, 6.45) is 6.05. The largest absolute Gasteiger partial charge is 0.385 e. The summed E-state index contributed by atoms with van der Waals surface area (Å²) in [6.45, 7) is 5.01. The van der Waals surface area contributed by atoms with Crippen molar-refractivity contribution >= 4 is 15.7 Å². The van der Waals surface area contributed by atoms with Crippen LogP contribution in [0.5, 0.6) is 0 Å². The van der Waals surface area contributed by atoms with Gasteiger partial charge in [-0.25, -0.2) is 13.1 Å². The first-order chi connectivity index (χ1) is 10.0. The van der Waals surface area contributed by atoms with Crippen molar-refractivity contribution in [2.75, 3.05) is 11.9 Å². The number of anilines is 1. The summed E-state index contributed by atoms with van der Waals surface area (Å²) in [5.74, 6) is 0. The molecule has 0 saturated carbocycles. The smallest absolute Gasteiger partial charge is 0.241 e. The maximum absolute atomic E-state index is 12.6. The van der Waals surface area contributed by atoms with E-state index < -0.39 is 10.0 Å². The summed E-state index contributed by atoms with van der Waals surface area (Å²) >= 11 is 0. The Bertz CT molecular complexity index is 570. The molecule has 118 valence electrons. The Morgan fingerprint density at radius 1 is 1.33 bits per heavy atom. The summed E-state index contributed by atoms with van der Waals surface area (Å²) in [5.41, 5.74) is 1.89. The minimum absolute atomic E-state index is 0.0195. The van der Waals surface area contributed by atoms with E-state index in [1.807, 2.05) is 19.1 Å². The summed E-state index contributed by atoms with van der Waals surface area (Å²) in [5, 5.41) is 3.28. The van der Waals surface area contributed by atoms with Gasteiger partial charge in [0, 0.05) is 18.3 Å². The second-order valence-electron chi connectivity index (χ2n) is 5.83. The quantitative estimate of drug-likeness (QED) is 0.760. The maximum Gasteiger partial charge on any atom is 0.241 e. The Morgan fingerprint density at radius 2 is 2.14 bits per heavy atom. The number of hydrogen-bond acceptors (Lipinski definition) is 3. The molecule has 4 nitrogen and oxygen atoms in total. The lowest BCUT2D eigenvalue weighted by Crippen LogP contribution is -2.33. The standard InChI is InChI=1S/C16H26N2O2S/c1-3-4-5-8-13(2)18-21(19,20)16-11-6-10-15-14(16)9-7-12-17-15/h6,10-11,13,17-18H,3-5,7-9,12H2,1-2H3. The van der Waals surface area contributed by atoms with Gasteiger partial charge in [0.25, 0.3) is 0 Å². The Hall–Kier alpha value is -1.07. The molecular weight excluding hydrogens is 284 g/mol. The van der Waals surface area contributed by atoms with Crippen LogP contribution in [-0.4, -0.2) is 21.0 Å². The number of hydrogen-bond donors (Lipinski definition) is 2. The van der Waals surface area contributed by atoms with Gasteiger partial charge in [-0.15, -0.1) is 0 Å². The number of unbranched alkanes of at least 4 members (excludes halogenated alkanes) is 2. The fourth-order valence-corrected chi connectivity index (χ4v) is 4.39. The molecule has 1 unspecified atom stereocenters. The van der Waals surface area contributed by atoms with Crippen molar-refractivity contribution in [3.05, 3.63) is 23.8 Å². The van der Waals surface area contributed by atoms with Gasteiger partial charge in [-0.1, -0.05) is 32.3 Å². The fourth-order valence-electron chi connectivity index (χ4n) is 2.82. The van der Waals surface area contributed by atoms with Gasteiger partial charge in [-0.2, -0.15) is 0 Å². The van der Waals surface area contributed by atoms with Crippen LogP contribution in [0.4, 0.5) is 5.69 Å². The predicted octanol–water partition coefficient (Wildman–Crippen LogP) is 3.29. The lowest BCUT2D eigenvalue weighted by atomic mass is 10.0. The van der Waals surface area contributed by atoms with Crippen molar-refractivity contribution in [2.45, 2.75) is 63.3 Å². The van der Waals surface area contributed by atoms with Crippen LogP contribution in [0.1, 0.15) is 51.5 Å². The van der Waals surface area contributed by atoms with Crippen molar-refractivity contribution in [1.82, 2.24) is 4.72 Å². The first-order valence-electron chi connectivity index (χ1n) is 7.92. The lowest BCUT2D eigenvalue weighted by molar-refractivity contribution is 0.526. The number of fused-ring (bicyclic) bond motifs is 1. The van der Waals surface area contributed by atoms with Crippen LogP contribution >= 0.6 is 0 Å². The summed E-state index contributed by atoms with van der Waals surface area (Å²) in [7, 11) is -3.43. The van der Waals surface area contributed by atoms with Crippen molar-refractivity contribution in [3.8, 4) is 0 Å². The molecule has 0 bridgehead atoms. The minimum atomic E-state index is -3.43. The molecule has 0 radical (unpaired) electrons. The molecule has 0 aromatic heterocycles. The zero-order chi connectivity index (χ0) is 15.3. The fraction of sp³-hybridized carbons (Fsp3) is 0.625. The number of nitrogens with one attached hydrogen (secondary N) is 2. The molecule has 1 aliphatic rings. The molecule has 2 N–H and O–H groups in total. The Kier molecular flexibility index (Phi) is 5.65. The van der Waals surface area contributed by atoms with Crippen LogP contribution in [0, 0.1) is 0 Å². The SMILES string of the molecule is CCCCCC(C)NS(=O)(=O)c1cccc2c1CCCN2. The van der Waals surface area contributed by atoms with Crippen molar-refractivity contribution in [1.29, 1.82) is 0 Å². The van der Waals surface area contributed by atoms with Gasteiger partial charge in [0.05, 0.1) is 4.90 Å². The highest BCUT2D eigenvalue weighted by Gasteiger charge is 2.23. The van der Waals surface area contributed by atoms with E-state index in [0.717, 1.165) is 56.3 Å². The third-order valence-corrected chi connectivity index (χ3v) is 5.61. The van der Waals surface area contributed by atoms with Crippen LogP contribution < -0.4 is 10.0 Å². The molecule has 0 aliphatic carbocycles. The summed E-state index contributed by atoms with van der Waals surface area (Å²) in [4.78, 5) is 0.439. The zero-order valence-electron chi connectivity index (χ0n) is 13.0. The van der Waals surface area contributed by atoms with Crippen LogP contribution in [0.2, 0.25) is 0 Å². The molecule has 0 saturated heterocycles. The second-order valence-corrected chi connectivity index (χ2v) is 7.51. The molecule has 1 aliphatic heterocycles. The Balaban J connectivity index is 2.12. The van der Waals surface area contributed by atoms with Crippen molar-refractivity contribution in [2.24, 2.45) is 0 Å². The zero-order valence-corrected chi connectivity index (χ0v) is 13.8. The van der Waals surface area contributed by atoms with Gasteiger partial charge in [-0.3, -0.25) is 0 Å². The van der Waals surface area contributed by atoms with E-state index in [2.05, 4.69) is 17.0 Å². The maximum atomic E-state index is 12.6. The third kappa shape index (κ3) is 4.20.